The lowest BCUT2D eigenvalue weighted by atomic mass is 10.7. The van der Waals surface area contributed by atoms with E-state index in [0.717, 1.165) is 11.5 Å². The van der Waals surface area contributed by atoms with Crippen LogP contribution in [0, 0.1) is 11.8 Å². The minimum Gasteiger partial charge on any atom is -0.149 e. The molecular formula is C6H9ClS. The number of rotatable bonds is 2. The first-order chi connectivity index (χ1) is 3.91. The van der Waals surface area contributed by atoms with E-state index < -0.39 is 0 Å². The second kappa shape index (κ2) is 7.20. The molecule has 0 aromatic carbocycles. The fourth-order valence-corrected chi connectivity index (χ4v) is 0.754. The third kappa shape index (κ3) is 6.20. The Hall–Kier alpha value is 0.200. The zero-order chi connectivity index (χ0) is 6.24. The highest BCUT2D eigenvalue weighted by Crippen LogP contribution is 1.94. The van der Waals surface area contributed by atoms with Gasteiger partial charge in [-0.1, -0.05) is 18.8 Å². The highest BCUT2D eigenvalue weighted by atomic mass is 35.5. The van der Waals surface area contributed by atoms with Crippen molar-refractivity contribution in [3.8, 4) is 11.8 Å². The van der Waals surface area contributed by atoms with Gasteiger partial charge in [-0.15, -0.1) is 23.4 Å². The van der Waals surface area contributed by atoms with E-state index in [0.29, 0.717) is 5.88 Å². The molecule has 0 heterocycles. The Morgan fingerprint density at radius 3 is 2.75 bits per heavy atom. The summed E-state index contributed by atoms with van der Waals surface area (Å²) in [6, 6.07) is 0. The van der Waals surface area contributed by atoms with Crippen LogP contribution in [0.1, 0.15) is 6.92 Å². The summed E-state index contributed by atoms with van der Waals surface area (Å²) in [6.45, 7) is 2.12. The van der Waals surface area contributed by atoms with E-state index in [1.165, 1.54) is 0 Å². The van der Waals surface area contributed by atoms with Crippen LogP contribution in [0.3, 0.4) is 0 Å². The van der Waals surface area contributed by atoms with Crippen molar-refractivity contribution in [2.45, 2.75) is 6.92 Å². The molecule has 46 valence electrons. The maximum Gasteiger partial charge on any atom is 0.0835 e. The fourth-order valence-electron chi connectivity index (χ4n) is 0.251. The Balaban J connectivity index is 2.90. The molecule has 8 heavy (non-hydrogen) atoms. The molecule has 0 saturated carbocycles. The molecule has 0 saturated heterocycles. The largest absolute Gasteiger partial charge is 0.149 e. The molecule has 0 N–H and O–H groups in total. The molecule has 0 nitrogen and oxygen atoms in total. The molecular weight excluding hydrogens is 140 g/mol. The van der Waals surface area contributed by atoms with Gasteiger partial charge in [0.2, 0.25) is 0 Å². The summed E-state index contributed by atoms with van der Waals surface area (Å²) in [5.41, 5.74) is 0. The van der Waals surface area contributed by atoms with Crippen LogP contribution in [0.4, 0.5) is 0 Å². The maximum absolute atomic E-state index is 5.30. The minimum absolute atomic E-state index is 0.463. The van der Waals surface area contributed by atoms with Crippen molar-refractivity contribution in [3.63, 3.8) is 0 Å². The van der Waals surface area contributed by atoms with Crippen molar-refractivity contribution >= 4 is 23.4 Å². The SMILES string of the molecule is CCSCC#CCCl. The van der Waals surface area contributed by atoms with Crippen LogP contribution in [0.25, 0.3) is 0 Å². The third-order valence-electron chi connectivity index (χ3n) is 0.570. The zero-order valence-electron chi connectivity index (χ0n) is 4.91. The first kappa shape index (κ1) is 8.20. The van der Waals surface area contributed by atoms with Crippen LogP contribution in [0.2, 0.25) is 0 Å². The molecule has 0 aliphatic heterocycles. The molecule has 0 bridgehead atoms. The van der Waals surface area contributed by atoms with Crippen molar-refractivity contribution < 1.29 is 0 Å². The predicted octanol–water partition coefficient (Wildman–Crippen LogP) is 1.98. The van der Waals surface area contributed by atoms with Gasteiger partial charge in [0.15, 0.2) is 0 Å². The van der Waals surface area contributed by atoms with E-state index in [1.54, 1.807) is 0 Å². The topological polar surface area (TPSA) is 0 Å². The van der Waals surface area contributed by atoms with Crippen molar-refractivity contribution in [3.05, 3.63) is 0 Å². The van der Waals surface area contributed by atoms with Crippen molar-refractivity contribution in [1.29, 1.82) is 0 Å². The molecule has 2 heteroatoms. The molecule has 0 rings (SSSR count). The lowest BCUT2D eigenvalue weighted by Gasteiger charge is -1.82. The Morgan fingerprint density at radius 2 is 2.25 bits per heavy atom. The summed E-state index contributed by atoms with van der Waals surface area (Å²) in [5, 5.41) is 0. The number of halogens is 1. The molecule has 0 aromatic heterocycles. The molecule has 0 amide bonds. The smallest absolute Gasteiger partial charge is 0.0835 e. The van der Waals surface area contributed by atoms with Crippen molar-refractivity contribution in [2.75, 3.05) is 17.4 Å². The summed E-state index contributed by atoms with van der Waals surface area (Å²) in [6.07, 6.45) is 0. The van der Waals surface area contributed by atoms with Crippen molar-refractivity contribution in [1.82, 2.24) is 0 Å². The Bertz CT molecular complexity index is 90.4. The number of hydrogen-bond acceptors (Lipinski definition) is 1. The summed E-state index contributed by atoms with van der Waals surface area (Å²) < 4.78 is 0. The molecule has 0 unspecified atom stereocenters. The predicted molar refractivity (Wildman–Crippen MR) is 41.5 cm³/mol. The minimum atomic E-state index is 0.463. The molecule has 0 aliphatic carbocycles. The number of thioether (sulfide) groups is 1. The van der Waals surface area contributed by atoms with Gasteiger partial charge in [-0.2, -0.15) is 0 Å². The summed E-state index contributed by atoms with van der Waals surface area (Å²) in [7, 11) is 0. The van der Waals surface area contributed by atoms with Crippen LogP contribution in [0.5, 0.6) is 0 Å². The lowest BCUT2D eigenvalue weighted by molar-refractivity contribution is 1.52. The Kier molecular flexibility index (Phi) is 7.38. The van der Waals surface area contributed by atoms with Gasteiger partial charge in [-0.3, -0.25) is 0 Å². The first-order valence-electron chi connectivity index (χ1n) is 2.51. The number of alkyl halides is 1. The van der Waals surface area contributed by atoms with E-state index in [2.05, 4.69) is 18.8 Å². The Morgan fingerprint density at radius 1 is 1.50 bits per heavy atom. The molecule has 0 atom stereocenters. The summed E-state index contributed by atoms with van der Waals surface area (Å²) in [4.78, 5) is 0. The molecule has 0 radical (unpaired) electrons. The zero-order valence-corrected chi connectivity index (χ0v) is 6.48. The summed E-state index contributed by atoms with van der Waals surface area (Å²) in [5.74, 6) is 8.21. The second-order valence-corrected chi connectivity index (χ2v) is 2.67. The molecule has 0 aromatic rings. The van der Waals surface area contributed by atoms with Crippen molar-refractivity contribution in [2.24, 2.45) is 0 Å². The van der Waals surface area contributed by atoms with E-state index in [-0.39, 0.29) is 0 Å². The quantitative estimate of drug-likeness (QED) is 0.328. The molecule has 0 aliphatic rings. The van der Waals surface area contributed by atoms with Crippen LogP contribution in [-0.4, -0.2) is 17.4 Å². The van der Waals surface area contributed by atoms with Gasteiger partial charge < -0.3 is 0 Å². The third-order valence-corrected chi connectivity index (χ3v) is 1.46. The van der Waals surface area contributed by atoms with Crippen LogP contribution >= 0.6 is 23.4 Å². The fraction of sp³-hybridized carbons (Fsp3) is 0.667. The van der Waals surface area contributed by atoms with E-state index in [4.69, 9.17) is 11.6 Å². The average molecular weight is 149 g/mol. The van der Waals surface area contributed by atoms with Gasteiger partial charge in [0, 0.05) is 0 Å². The van der Waals surface area contributed by atoms with Crippen LogP contribution in [-0.2, 0) is 0 Å². The monoisotopic (exact) mass is 148 g/mol. The van der Waals surface area contributed by atoms with E-state index in [1.807, 2.05) is 11.8 Å². The standard InChI is InChI=1S/C6H9ClS/c1-2-8-6-4-3-5-7/h2,5-6H2,1H3. The molecule has 0 spiro atoms. The second-order valence-electron chi connectivity index (χ2n) is 1.12. The van der Waals surface area contributed by atoms with Gasteiger partial charge in [-0.25, -0.2) is 0 Å². The van der Waals surface area contributed by atoms with E-state index in [9.17, 15) is 0 Å². The highest BCUT2D eigenvalue weighted by molar-refractivity contribution is 7.99. The van der Waals surface area contributed by atoms with Crippen LogP contribution < -0.4 is 0 Å². The number of hydrogen-bond donors (Lipinski definition) is 0. The van der Waals surface area contributed by atoms with Gasteiger partial charge in [0.25, 0.3) is 0 Å². The van der Waals surface area contributed by atoms with E-state index >= 15 is 0 Å². The maximum atomic E-state index is 5.30. The van der Waals surface area contributed by atoms with Crippen LogP contribution in [0.15, 0.2) is 0 Å². The van der Waals surface area contributed by atoms with Gasteiger partial charge in [0.05, 0.1) is 11.6 Å². The summed E-state index contributed by atoms with van der Waals surface area (Å²) >= 11 is 7.11. The van der Waals surface area contributed by atoms with Gasteiger partial charge in [-0.05, 0) is 5.75 Å². The lowest BCUT2D eigenvalue weighted by Crippen LogP contribution is -1.72. The normalized spacial score (nSPS) is 7.75. The highest BCUT2D eigenvalue weighted by Gasteiger charge is 1.73. The Labute approximate surface area is 60.0 Å². The average Bonchev–Trinajstić information content (AvgIpc) is 1.81. The van der Waals surface area contributed by atoms with Gasteiger partial charge >= 0.3 is 0 Å². The molecule has 0 fully saturated rings. The van der Waals surface area contributed by atoms with Gasteiger partial charge in [0.1, 0.15) is 0 Å². The first-order valence-corrected chi connectivity index (χ1v) is 4.20.